The van der Waals surface area contributed by atoms with E-state index >= 15 is 0 Å². The number of rotatable bonds is 4. The summed E-state index contributed by atoms with van der Waals surface area (Å²) in [5.74, 6) is 1.14. The molecule has 0 aliphatic heterocycles. The van der Waals surface area contributed by atoms with Crippen LogP contribution >= 0.6 is 11.8 Å². The third-order valence-corrected chi connectivity index (χ3v) is 2.77. The summed E-state index contributed by atoms with van der Waals surface area (Å²) in [6, 6.07) is 0. The average Bonchev–Trinajstić information content (AvgIpc) is 2.81. The first-order valence-electron chi connectivity index (χ1n) is 5.28. The second-order valence-electron chi connectivity index (χ2n) is 3.63. The van der Waals surface area contributed by atoms with Crippen LogP contribution in [-0.4, -0.2) is 36.8 Å². The van der Waals surface area contributed by atoms with Gasteiger partial charge < -0.3 is 5.32 Å². The molecular formula is C10H14N6S. The van der Waals surface area contributed by atoms with E-state index in [2.05, 4.69) is 39.1 Å². The van der Waals surface area contributed by atoms with E-state index < -0.39 is 0 Å². The molecule has 0 saturated carbocycles. The fourth-order valence-corrected chi connectivity index (χ4v) is 1.91. The molecule has 2 heterocycles. The van der Waals surface area contributed by atoms with Crippen LogP contribution in [0.3, 0.4) is 0 Å². The van der Waals surface area contributed by atoms with Crippen LogP contribution in [0.15, 0.2) is 23.9 Å². The Bertz CT molecular complexity index is 482. The van der Waals surface area contributed by atoms with Crippen molar-refractivity contribution < 1.29 is 0 Å². The molecule has 0 bridgehead atoms. The molecule has 0 atom stereocenters. The monoisotopic (exact) mass is 250 g/mol. The van der Waals surface area contributed by atoms with E-state index in [1.54, 1.807) is 42.1 Å². The van der Waals surface area contributed by atoms with Crippen molar-refractivity contribution in [2.75, 3.05) is 12.4 Å². The first kappa shape index (κ1) is 11.8. The minimum atomic E-state index is 0.428. The van der Waals surface area contributed by atoms with Crippen molar-refractivity contribution in [3.63, 3.8) is 0 Å². The molecule has 7 heteroatoms. The van der Waals surface area contributed by atoms with Crippen molar-refractivity contribution in [1.82, 2.24) is 24.5 Å². The number of hydrogen-bond donors (Lipinski definition) is 1. The Morgan fingerprint density at radius 2 is 2.12 bits per heavy atom. The molecule has 0 unspecified atom stereocenters. The number of imidazole rings is 1. The zero-order valence-electron chi connectivity index (χ0n) is 9.95. The Labute approximate surface area is 104 Å². The van der Waals surface area contributed by atoms with Crippen molar-refractivity contribution in [2.45, 2.75) is 24.3 Å². The summed E-state index contributed by atoms with van der Waals surface area (Å²) >= 11 is 1.60. The summed E-state index contributed by atoms with van der Waals surface area (Å²) in [4.78, 5) is 16.9. The molecule has 0 aliphatic carbocycles. The van der Waals surface area contributed by atoms with Gasteiger partial charge in [-0.2, -0.15) is 15.0 Å². The summed E-state index contributed by atoms with van der Waals surface area (Å²) in [5.41, 5.74) is 0. The summed E-state index contributed by atoms with van der Waals surface area (Å²) in [7, 11) is 1.79. The molecule has 2 aromatic rings. The molecule has 6 nitrogen and oxygen atoms in total. The molecule has 0 spiro atoms. The third kappa shape index (κ3) is 2.94. The maximum atomic E-state index is 4.39. The Kier molecular flexibility index (Phi) is 3.58. The highest BCUT2D eigenvalue weighted by molar-refractivity contribution is 7.99. The fraction of sp³-hybridized carbons (Fsp3) is 0.400. The molecule has 0 radical (unpaired) electrons. The third-order valence-electron chi connectivity index (χ3n) is 1.90. The number of anilines is 1. The average molecular weight is 250 g/mol. The normalized spacial score (nSPS) is 10.8. The van der Waals surface area contributed by atoms with E-state index in [9.17, 15) is 0 Å². The predicted octanol–water partition coefficient (Wildman–Crippen LogP) is 1.60. The fourth-order valence-electron chi connectivity index (χ4n) is 1.21. The summed E-state index contributed by atoms with van der Waals surface area (Å²) in [6.45, 7) is 4.20. The van der Waals surface area contributed by atoms with Crippen LogP contribution in [-0.2, 0) is 0 Å². The summed E-state index contributed by atoms with van der Waals surface area (Å²) in [5, 5.41) is 4.07. The van der Waals surface area contributed by atoms with Gasteiger partial charge in [-0.1, -0.05) is 25.6 Å². The lowest BCUT2D eigenvalue weighted by Crippen LogP contribution is -2.07. The predicted molar refractivity (Wildman–Crippen MR) is 67.5 cm³/mol. The lowest BCUT2D eigenvalue weighted by atomic mass is 10.6. The molecule has 0 fully saturated rings. The van der Waals surface area contributed by atoms with E-state index in [-0.39, 0.29) is 0 Å². The Balaban J connectivity index is 2.38. The lowest BCUT2D eigenvalue weighted by Gasteiger charge is -2.07. The highest BCUT2D eigenvalue weighted by atomic mass is 32.2. The van der Waals surface area contributed by atoms with Crippen molar-refractivity contribution in [3.8, 4) is 5.95 Å². The first-order chi connectivity index (χ1) is 8.19. The smallest absolute Gasteiger partial charge is 0.240 e. The van der Waals surface area contributed by atoms with Gasteiger partial charge in [0.15, 0.2) is 5.16 Å². The van der Waals surface area contributed by atoms with Gasteiger partial charge in [-0.05, 0) is 0 Å². The molecule has 0 saturated heterocycles. The highest BCUT2D eigenvalue weighted by Crippen LogP contribution is 2.20. The molecule has 1 N–H and O–H groups in total. The zero-order chi connectivity index (χ0) is 12.3. The molecule has 2 rings (SSSR count). The Morgan fingerprint density at radius 3 is 2.71 bits per heavy atom. The second-order valence-corrected chi connectivity index (χ2v) is 5.17. The Morgan fingerprint density at radius 1 is 1.29 bits per heavy atom. The largest absolute Gasteiger partial charge is 0.357 e. The van der Waals surface area contributed by atoms with Crippen LogP contribution in [0.5, 0.6) is 0 Å². The van der Waals surface area contributed by atoms with Crippen LogP contribution in [0, 0.1) is 0 Å². The van der Waals surface area contributed by atoms with E-state index in [0.717, 1.165) is 0 Å². The van der Waals surface area contributed by atoms with E-state index in [0.29, 0.717) is 22.3 Å². The Hall–Kier alpha value is -1.63. The van der Waals surface area contributed by atoms with Gasteiger partial charge in [-0.25, -0.2) is 4.98 Å². The summed E-state index contributed by atoms with van der Waals surface area (Å²) in [6.07, 6.45) is 5.16. The van der Waals surface area contributed by atoms with E-state index in [1.807, 2.05) is 0 Å². The minimum Gasteiger partial charge on any atom is -0.357 e. The molecule has 2 aromatic heterocycles. The number of aromatic nitrogens is 5. The maximum Gasteiger partial charge on any atom is 0.240 e. The van der Waals surface area contributed by atoms with Crippen molar-refractivity contribution in [1.29, 1.82) is 0 Å². The van der Waals surface area contributed by atoms with Gasteiger partial charge in [0.1, 0.15) is 6.33 Å². The van der Waals surface area contributed by atoms with Gasteiger partial charge in [0.05, 0.1) is 0 Å². The number of nitrogens with one attached hydrogen (secondary N) is 1. The van der Waals surface area contributed by atoms with Gasteiger partial charge in [0.25, 0.3) is 0 Å². The van der Waals surface area contributed by atoms with Crippen molar-refractivity contribution in [2.24, 2.45) is 0 Å². The van der Waals surface area contributed by atoms with Crippen molar-refractivity contribution in [3.05, 3.63) is 18.7 Å². The van der Waals surface area contributed by atoms with Crippen LogP contribution in [0.4, 0.5) is 5.95 Å². The standard InChI is InChI=1S/C10H14N6S/c1-7(2)17-10-14-8(11-3)13-9(15-10)16-5-4-12-6-16/h4-7H,1-3H3,(H,11,13,14,15). The first-order valence-corrected chi connectivity index (χ1v) is 6.16. The minimum absolute atomic E-state index is 0.428. The maximum absolute atomic E-state index is 4.39. The molecule has 0 amide bonds. The zero-order valence-corrected chi connectivity index (χ0v) is 10.8. The van der Waals surface area contributed by atoms with Gasteiger partial charge in [-0.3, -0.25) is 4.57 Å². The van der Waals surface area contributed by atoms with E-state index in [1.165, 1.54) is 0 Å². The second kappa shape index (κ2) is 5.13. The van der Waals surface area contributed by atoms with Gasteiger partial charge in [0, 0.05) is 24.7 Å². The quantitative estimate of drug-likeness (QED) is 0.831. The number of nitrogens with zero attached hydrogens (tertiary/aromatic N) is 5. The van der Waals surface area contributed by atoms with Crippen LogP contribution in [0.25, 0.3) is 5.95 Å². The van der Waals surface area contributed by atoms with Gasteiger partial charge in [0.2, 0.25) is 11.9 Å². The highest BCUT2D eigenvalue weighted by Gasteiger charge is 2.08. The van der Waals surface area contributed by atoms with Gasteiger partial charge in [-0.15, -0.1) is 0 Å². The van der Waals surface area contributed by atoms with Gasteiger partial charge >= 0.3 is 0 Å². The van der Waals surface area contributed by atoms with Crippen LogP contribution in [0.2, 0.25) is 0 Å². The van der Waals surface area contributed by atoms with Crippen LogP contribution in [0.1, 0.15) is 13.8 Å². The summed E-state index contributed by atoms with van der Waals surface area (Å²) < 4.78 is 1.76. The number of thioether (sulfide) groups is 1. The molecule has 17 heavy (non-hydrogen) atoms. The molecular weight excluding hydrogens is 236 g/mol. The number of hydrogen-bond acceptors (Lipinski definition) is 6. The molecule has 90 valence electrons. The topological polar surface area (TPSA) is 68.5 Å². The SMILES string of the molecule is CNc1nc(SC(C)C)nc(-n2ccnc2)n1. The van der Waals surface area contributed by atoms with E-state index in [4.69, 9.17) is 0 Å². The lowest BCUT2D eigenvalue weighted by molar-refractivity contribution is 0.825. The van der Waals surface area contributed by atoms with Crippen LogP contribution < -0.4 is 5.32 Å². The molecule has 0 aromatic carbocycles. The van der Waals surface area contributed by atoms with Crippen molar-refractivity contribution >= 4 is 17.7 Å². The molecule has 0 aliphatic rings.